The van der Waals surface area contributed by atoms with Gasteiger partial charge in [0.1, 0.15) is 5.01 Å². The van der Waals surface area contributed by atoms with Gasteiger partial charge in [0.25, 0.3) is 0 Å². The molecule has 0 atom stereocenters. The van der Waals surface area contributed by atoms with Crippen LogP contribution in [0.15, 0.2) is 47.3 Å². The fourth-order valence-corrected chi connectivity index (χ4v) is 3.94. The van der Waals surface area contributed by atoms with E-state index in [0.717, 1.165) is 5.56 Å². The van der Waals surface area contributed by atoms with Crippen LogP contribution in [0, 0.1) is 0 Å². The summed E-state index contributed by atoms with van der Waals surface area (Å²) in [5, 5.41) is 13.5. The van der Waals surface area contributed by atoms with E-state index in [1.807, 2.05) is 63.2 Å². The highest BCUT2D eigenvalue weighted by molar-refractivity contribution is 7.19. The van der Waals surface area contributed by atoms with Gasteiger partial charge < -0.3 is 14.2 Å². The van der Waals surface area contributed by atoms with E-state index in [9.17, 15) is 4.79 Å². The van der Waals surface area contributed by atoms with Crippen LogP contribution in [0.2, 0.25) is 0 Å². The van der Waals surface area contributed by atoms with Crippen molar-refractivity contribution in [2.24, 2.45) is 0 Å². The smallest absolute Gasteiger partial charge is 0.302 e. The van der Waals surface area contributed by atoms with Crippen LogP contribution in [0.25, 0.3) is 26.8 Å². The lowest BCUT2D eigenvalue weighted by Gasteiger charge is -2.16. The van der Waals surface area contributed by atoms with E-state index in [2.05, 4.69) is 15.3 Å². The lowest BCUT2D eigenvalue weighted by molar-refractivity contribution is 0.261. The Morgan fingerprint density at radius 3 is 2.13 bits per heavy atom. The summed E-state index contributed by atoms with van der Waals surface area (Å²) in [4.78, 5) is 13.4. The van der Waals surface area contributed by atoms with Crippen LogP contribution in [0.5, 0.6) is 17.2 Å². The van der Waals surface area contributed by atoms with E-state index in [1.165, 1.54) is 15.9 Å². The first kappa shape index (κ1) is 20.8. The molecule has 0 radical (unpaired) electrons. The number of hydrogen-bond acceptors (Lipinski definition) is 8. The zero-order valence-electron chi connectivity index (χ0n) is 17.5. The van der Waals surface area contributed by atoms with Crippen molar-refractivity contribution in [3.8, 4) is 39.1 Å². The van der Waals surface area contributed by atoms with Crippen LogP contribution in [0.3, 0.4) is 0 Å². The molecule has 9 heteroatoms. The first-order valence-corrected chi connectivity index (χ1v) is 10.9. The van der Waals surface area contributed by atoms with Gasteiger partial charge in [0.15, 0.2) is 17.2 Å². The molecule has 8 nitrogen and oxygen atoms in total. The Kier molecular flexibility index (Phi) is 6.13. The number of ether oxygens (including phenoxy) is 3. The summed E-state index contributed by atoms with van der Waals surface area (Å²) < 4.78 is 18.6. The summed E-state index contributed by atoms with van der Waals surface area (Å²) in [6.45, 7) is 7.14. The van der Waals surface area contributed by atoms with Gasteiger partial charge in [0, 0.05) is 11.1 Å². The summed E-state index contributed by atoms with van der Waals surface area (Å²) in [5.41, 5.74) is 1.38. The number of rotatable bonds is 8. The van der Waals surface area contributed by atoms with E-state index < -0.39 is 0 Å². The summed E-state index contributed by atoms with van der Waals surface area (Å²) in [7, 11) is 0. The van der Waals surface area contributed by atoms with Crippen molar-refractivity contribution in [1.29, 1.82) is 0 Å². The third-order valence-electron chi connectivity index (χ3n) is 4.39. The maximum atomic E-state index is 13.0. The molecule has 31 heavy (non-hydrogen) atoms. The highest BCUT2D eigenvalue weighted by Gasteiger charge is 2.19. The molecule has 4 rings (SSSR count). The zero-order valence-corrected chi connectivity index (χ0v) is 18.3. The molecular weight excluding hydrogens is 416 g/mol. The Hall–Kier alpha value is -3.46. The monoisotopic (exact) mass is 438 g/mol. The highest BCUT2D eigenvalue weighted by atomic mass is 32.1. The van der Waals surface area contributed by atoms with Gasteiger partial charge in [-0.25, -0.2) is 0 Å². The fraction of sp³-hybridized carbons (Fsp3) is 0.273. The first-order chi connectivity index (χ1) is 15.2. The Morgan fingerprint density at radius 2 is 1.52 bits per heavy atom. The second-order valence-corrected chi connectivity index (χ2v) is 7.38. The minimum Gasteiger partial charge on any atom is -0.490 e. The molecule has 2 aromatic heterocycles. The summed E-state index contributed by atoms with van der Waals surface area (Å²) in [5.74, 6) is 1.68. The first-order valence-electron chi connectivity index (χ1n) is 10.0. The minimum atomic E-state index is -0.320. The van der Waals surface area contributed by atoms with Gasteiger partial charge in [0.05, 0.1) is 19.8 Å². The van der Waals surface area contributed by atoms with Crippen LogP contribution in [0.4, 0.5) is 0 Å². The number of fused-ring (bicyclic) bond motifs is 1. The molecule has 160 valence electrons. The Bertz CT molecular complexity index is 1230. The van der Waals surface area contributed by atoms with Crippen LogP contribution in [0.1, 0.15) is 20.8 Å². The topological polar surface area (TPSA) is 87.8 Å². The molecule has 2 aromatic carbocycles. The maximum Gasteiger partial charge on any atom is 0.302 e. The molecule has 0 N–H and O–H groups in total. The molecule has 0 fully saturated rings. The van der Waals surface area contributed by atoms with Crippen molar-refractivity contribution in [1.82, 2.24) is 19.8 Å². The van der Waals surface area contributed by atoms with Gasteiger partial charge in [-0.15, -0.1) is 10.2 Å². The van der Waals surface area contributed by atoms with Gasteiger partial charge >= 0.3 is 5.56 Å². The van der Waals surface area contributed by atoms with Crippen molar-refractivity contribution in [3.63, 3.8) is 0 Å². The molecule has 0 unspecified atom stereocenters. The fourth-order valence-electron chi connectivity index (χ4n) is 3.12. The standard InChI is InChI=1S/C22H22N4O4S/c1-4-28-16-12-15(13-17(29-5-2)19(16)30-6-3)20-25-26-21(27)18(23-24-22(26)31-20)14-10-8-7-9-11-14/h7-13H,4-6H2,1-3H3. The summed E-state index contributed by atoms with van der Waals surface area (Å²) >= 11 is 1.27. The van der Waals surface area contributed by atoms with Gasteiger partial charge in [-0.05, 0) is 32.9 Å². The molecular formula is C22H22N4O4S. The lowest BCUT2D eigenvalue weighted by Crippen LogP contribution is -2.19. The average Bonchev–Trinajstić information content (AvgIpc) is 3.22. The molecule has 4 aromatic rings. The van der Waals surface area contributed by atoms with E-state index in [-0.39, 0.29) is 11.3 Å². The Balaban J connectivity index is 1.84. The maximum absolute atomic E-state index is 13.0. The number of aromatic nitrogens is 4. The normalized spacial score (nSPS) is 10.9. The van der Waals surface area contributed by atoms with Gasteiger partial charge in [0.2, 0.25) is 10.7 Å². The minimum absolute atomic E-state index is 0.256. The Labute approximate surface area is 183 Å². The van der Waals surface area contributed by atoms with Crippen molar-refractivity contribution in [2.45, 2.75) is 20.8 Å². The van der Waals surface area contributed by atoms with E-state index >= 15 is 0 Å². The molecule has 2 heterocycles. The van der Waals surface area contributed by atoms with Crippen LogP contribution < -0.4 is 19.8 Å². The van der Waals surface area contributed by atoms with E-state index in [4.69, 9.17) is 14.2 Å². The molecule has 0 spiro atoms. The number of hydrogen-bond donors (Lipinski definition) is 0. The van der Waals surface area contributed by atoms with E-state index in [1.54, 1.807) is 0 Å². The third-order valence-corrected chi connectivity index (χ3v) is 5.34. The van der Waals surface area contributed by atoms with E-state index in [0.29, 0.717) is 52.6 Å². The average molecular weight is 439 g/mol. The highest BCUT2D eigenvalue weighted by Crippen LogP contribution is 2.42. The number of nitrogens with zero attached hydrogens (tertiary/aromatic N) is 4. The second-order valence-electron chi connectivity index (χ2n) is 6.42. The van der Waals surface area contributed by atoms with Crippen LogP contribution in [-0.4, -0.2) is 39.6 Å². The summed E-state index contributed by atoms with van der Waals surface area (Å²) in [6, 6.07) is 12.9. The lowest BCUT2D eigenvalue weighted by atomic mass is 10.2. The van der Waals surface area contributed by atoms with Crippen molar-refractivity contribution in [3.05, 3.63) is 52.8 Å². The molecule has 0 saturated heterocycles. The van der Waals surface area contributed by atoms with Crippen molar-refractivity contribution < 1.29 is 14.2 Å². The largest absolute Gasteiger partial charge is 0.490 e. The predicted octanol–water partition coefficient (Wildman–Crippen LogP) is 4.08. The Morgan fingerprint density at radius 1 is 0.871 bits per heavy atom. The quantitative estimate of drug-likeness (QED) is 0.410. The third kappa shape index (κ3) is 4.09. The number of benzene rings is 2. The molecule has 0 aliphatic carbocycles. The molecule has 0 amide bonds. The van der Waals surface area contributed by atoms with Crippen LogP contribution in [-0.2, 0) is 0 Å². The van der Waals surface area contributed by atoms with Gasteiger partial charge in [-0.2, -0.15) is 9.61 Å². The second kappa shape index (κ2) is 9.13. The van der Waals surface area contributed by atoms with Crippen molar-refractivity contribution in [2.75, 3.05) is 19.8 Å². The van der Waals surface area contributed by atoms with Gasteiger partial charge in [-0.1, -0.05) is 41.7 Å². The summed E-state index contributed by atoms with van der Waals surface area (Å²) in [6.07, 6.45) is 0. The predicted molar refractivity (Wildman–Crippen MR) is 119 cm³/mol. The molecule has 0 bridgehead atoms. The van der Waals surface area contributed by atoms with Crippen LogP contribution >= 0.6 is 11.3 Å². The van der Waals surface area contributed by atoms with Crippen molar-refractivity contribution >= 4 is 16.3 Å². The SMILES string of the molecule is CCOc1cc(-c2nn3c(=O)c(-c4ccccc4)nnc3s2)cc(OCC)c1OCC. The zero-order chi connectivity index (χ0) is 21.8. The molecule has 0 aliphatic heterocycles. The van der Waals surface area contributed by atoms with Gasteiger partial charge in [-0.3, -0.25) is 4.79 Å². The molecule has 0 aliphatic rings. The molecule has 0 saturated carbocycles.